The molecule has 0 radical (unpaired) electrons. The number of sulfonamides is 1. The lowest BCUT2D eigenvalue weighted by molar-refractivity contribution is -0.0187. The molecule has 8 heteroatoms. The van der Waals surface area contributed by atoms with Crippen molar-refractivity contribution in [2.24, 2.45) is 17.8 Å². The predicted octanol–water partition coefficient (Wildman–Crippen LogP) is 2.26. The van der Waals surface area contributed by atoms with Crippen LogP contribution in [0.1, 0.15) is 36.4 Å². The highest BCUT2D eigenvalue weighted by Gasteiger charge is 2.42. The van der Waals surface area contributed by atoms with Gasteiger partial charge in [0, 0.05) is 63.0 Å². The summed E-state index contributed by atoms with van der Waals surface area (Å²) in [5.74, 6) is 2.32. The first kappa shape index (κ1) is 23.4. The van der Waals surface area contributed by atoms with Gasteiger partial charge in [0.15, 0.2) is 0 Å². The van der Waals surface area contributed by atoms with Gasteiger partial charge in [0.25, 0.3) is 5.56 Å². The van der Waals surface area contributed by atoms with Crippen LogP contribution >= 0.6 is 0 Å². The number of rotatable bonds is 6. The lowest BCUT2D eigenvalue weighted by Gasteiger charge is -2.52. The zero-order valence-corrected chi connectivity index (χ0v) is 21.3. The van der Waals surface area contributed by atoms with Crippen LogP contribution < -0.4 is 10.3 Å². The molecule has 188 valence electrons. The molecule has 1 N–H and O–H groups in total. The monoisotopic (exact) mass is 496 g/mol. The summed E-state index contributed by atoms with van der Waals surface area (Å²) in [6, 6.07) is 13.1. The van der Waals surface area contributed by atoms with Crippen molar-refractivity contribution in [3.8, 4) is 0 Å². The zero-order chi connectivity index (χ0) is 24.2. The smallest absolute Gasteiger partial charge is 0.250 e. The van der Waals surface area contributed by atoms with E-state index in [9.17, 15) is 13.2 Å². The van der Waals surface area contributed by atoms with E-state index < -0.39 is 10.0 Å². The molecule has 0 spiro atoms. The Labute approximate surface area is 208 Å². The van der Waals surface area contributed by atoms with Gasteiger partial charge in [0.1, 0.15) is 0 Å². The highest BCUT2D eigenvalue weighted by Crippen LogP contribution is 2.39. The minimum Gasteiger partial charge on any atom is -0.312 e. The van der Waals surface area contributed by atoms with E-state index in [1.165, 1.54) is 18.5 Å². The first-order chi connectivity index (χ1) is 16.9. The van der Waals surface area contributed by atoms with Crippen LogP contribution in [0.15, 0.2) is 52.2 Å². The van der Waals surface area contributed by atoms with Crippen LogP contribution in [0.4, 0.5) is 0 Å². The maximum atomic E-state index is 12.8. The second kappa shape index (κ2) is 9.14. The van der Waals surface area contributed by atoms with Crippen molar-refractivity contribution >= 4 is 10.0 Å². The topological polar surface area (TPSA) is 74.7 Å². The Morgan fingerprint density at radius 2 is 1.83 bits per heavy atom. The van der Waals surface area contributed by atoms with Crippen molar-refractivity contribution in [1.82, 2.24) is 19.1 Å². The van der Waals surface area contributed by atoms with Gasteiger partial charge < -0.3 is 9.47 Å². The average molecular weight is 497 g/mol. The van der Waals surface area contributed by atoms with Crippen molar-refractivity contribution in [3.63, 3.8) is 0 Å². The molecule has 7 nitrogen and oxygen atoms in total. The summed E-state index contributed by atoms with van der Waals surface area (Å²) in [4.78, 5) is 17.8. The second-order valence-corrected chi connectivity index (χ2v) is 13.0. The van der Waals surface area contributed by atoms with Crippen LogP contribution in [-0.4, -0.2) is 68.1 Å². The third kappa shape index (κ3) is 4.61. The van der Waals surface area contributed by atoms with Crippen molar-refractivity contribution in [2.45, 2.75) is 49.6 Å². The quantitative estimate of drug-likeness (QED) is 0.664. The summed E-state index contributed by atoms with van der Waals surface area (Å²) in [5.41, 5.74) is 2.42. The fourth-order valence-corrected chi connectivity index (χ4v) is 8.22. The van der Waals surface area contributed by atoms with Crippen molar-refractivity contribution in [1.29, 1.82) is 0 Å². The third-order valence-electron chi connectivity index (χ3n) is 8.90. The Morgan fingerprint density at radius 1 is 1.00 bits per heavy atom. The molecule has 6 heterocycles. The number of aryl methyl sites for hydroxylation is 1. The van der Waals surface area contributed by atoms with E-state index >= 15 is 0 Å². The van der Waals surface area contributed by atoms with E-state index in [-0.39, 0.29) is 11.6 Å². The summed E-state index contributed by atoms with van der Waals surface area (Å²) < 4.78 is 30.4. The van der Waals surface area contributed by atoms with Crippen LogP contribution in [0.2, 0.25) is 0 Å². The van der Waals surface area contributed by atoms with Gasteiger partial charge in [0.05, 0.1) is 4.90 Å². The van der Waals surface area contributed by atoms with Gasteiger partial charge in [0.2, 0.25) is 10.0 Å². The zero-order valence-electron chi connectivity index (χ0n) is 20.5. The molecule has 4 fully saturated rings. The van der Waals surface area contributed by atoms with Gasteiger partial charge in [-0.25, -0.2) is 13.1 Å². The fraction of sp³-hybridized carbons (Fsp3) is 0.593. The number of nitrogens with zero attached hydrogens (tertiary/aromatic N) is 3. The lowest BCUT2D eigenvalue weighted by Crippen LogP contribution is -2.59. The van der Waals surface area contributed by atoms with Gasteiger partial charge in [-0.05, 0) is 68.7 Å². The Hall–Kier alpha value is -2.00. The van der Waals surface area contributed by atoms with E-state index in [0.717, 1.165) is 51.3 Å². The summed E-state index contributed by atoms with van der Waals surface area (Å²) in [5, 5.41) is 0. The summed E-state index contributed by atoms with van der Waals surface area (Å²) in [7, 11) is -3.47. The van der Waals surface area contributed by atoms with Gasteiger partial charge >= 0.3 is 0 Å². The second-order valence-electron chi connectivity index (χ2n) is 11.3. The Balaban J connectivity index is 1.06. The summed E-state index contributed by atoms with van der Waals surface area (Å²) >= 11 is 0. The number of pyridine rings is 1. The molecule has 6 atom stereocenters. The molecule has 2 aromatic rings. The van der Waals surface area contributed by atoms with Crippen LogP contribution in [0.5, 0.6) is 0 Å². The molecule has 0 aliphatic carbocycles. The molecular weight excluding hydrogens is 460 g/mol. The minimum absolute atomic E-state index is 0.145. The maximum Gasteiger partial charge on any atom is 0.250 e. The Morgan fingerprint density at radius 3 is 2.60 bits per heavy atom. The van der Waals surface area contributed by atoms with E-state index in [4.69, 9.17) is 0 Å². The third-order valence-corrected chi connectivity index (χ3v) is 10.3. The number of hydrogen-bond acceptors (Lipinski definition) is 5. The maximum absolute atomic E-state index is 12.8. The van der Waals surface area contributed by atoms with E-state index in [2.05, 4.69) is 20.6 Å². The number of piperidine rings is 4. The molecule has 6 unspecified atom stereocenters. The van der Waals surface area contributed by atoms with E-state index in [1.807, 2.05) is 29.7 Å². The molecule has 35 heavy (non-hydrogen) atoms. The van der Waals surface area contributed by atoms with Crippen molar-refractivity contribution < 1.29 is 8.42 Å². The molecule has 5 aliphatic heterocycles. The molecule has 7 rings (SSSR count). The molecular formula is C27H36N4O3S. The minimum atomic E-state index is -3.47. The molecule has 4 saturated heterocycles. The largest absolute Gasteiger partial charge is 0.312 e. The number of fused-ring (bicyclic) bond motifs is 7. The van der Waals surface area contributed by atoms with Crippen LogP contribution in [0, 0.1) is 24.7 Å². The van der Waals surface area contributed by atoms with Crippen LogP contribution in [-0.2, 0) is 16.6 Å². The standard InChI is InChI=1S/C27H36N4O3S/c1-19-5-7-25(8-6-19)35(33,34)28-13-24-12-21-9-10-30(24)18-23(21)17-29-14-20-11-22(16-29)26-3-2-4-27(32)31(26)15-20/h2-8,20-24,28H,9-18H2,1H3. The van der Waals surface area contributed by atoms with Crippen LogP contribution in [0.3, 0.4) is 0 Å². The first-order valence-corrected chi connectivity index (χ1v) is 14.6. The predicted molar refractivity (Wildman–Crippen MR) is 136 cm³/mol. The van der Waals surface area contributed by atoms with Crippen LogP contribution in [0.25, 0.3) is 0 Å². The van der Waals surface area contributed by atoms with Crippen molar-refractivity contribution in [3.05, 3.63) is 64.1 Å². The SMILES string of the molecule is Cc1ccc(S(=O)(=O)NCC2CC3CCN2CC3CN2CC3CC(C2)c2cccc(=O)n2C3)cc1. The fourth-order valence-electron chi connectivity index (χ4n) is 7.15. The van der Waals surface area contributed by atoms with E-state index in [1.54, 1.807) is 18.2 Å². The average Bonchev–Trinajstić information content (AvgIpc) is 2.84. The normalized spacial score (nSPS) is 32.4. The molecule has 0 saturated carbocycles. The molecule has 1 aromatic heterocycles. The van der Waals surface area contributed by atoms with Gasteiger partial charge in [-0.1, -0.05) is 23.8 Å². The van der Waals surface area contributed by atoms with Gasteiger partial charge in [-0.2, -0.15) is 0 Å². The lowest BCUT2D eigenvalue weighted by atomic mass is 9.74. The van der Waals surface area contributed by atoms with E-state index in [0.29, 0.717) is 35.1 Å². The highest BCUT2D eigenvalue weighted by molar-refractivity contribution is 7.89. The molecule has 0 amide bonds. The number of benzene rings is 1. The highest BCUT2D eigenvalue weighted by atomic mass is 32.2. The molecule has 4 bridgehead atoms. The van der Waals surface area contributed by atoms with Gasteiger partial charge in [-0.15, -0.1) is 0 Å². The number of likely N-dealkylation sites (tertiary alicyclic amines) is 1. The van der Waals surface area contributed by atoms with Gasteiger partial charge in [-0.3, -0.25) is 9.69 Å². The Kier molecular flexibility index (Phi) is 6.11. The van der Waals surface area contributed by atoms with Crippen molar-refractivity contribution in [2.75, 3.05) is 39.3 Å². The number of hydrogen-bond donors (Lipinski definition) is 1. The first-order valence-electron chi connectivity index (χ1n) is 13.1. The number of nitrogens with one attached hydrogen (secondary N) is 1. The number of aromatic nitrogens is 1. The molecule has 1 aromatic carbocycles. The molecule has 5 aliphatic rings. The Bertz CT molecular complexity index is 1240. The summed E-state index contributed by atoms with van der Waals surface area (Å²) in [6.07, 6.45) is 3.48. The summed E-state index contributed by atoms with van der Waals surface area (Å²) in [6.45, 7) is 8.67.